The second-order valence-corrected chi connectivity index (χ2v) is 11.3. The Kier molecular flexibility index (Phi) is 15.8. The molecule has 6 N–H and O–H groups in total. The van der Waals surface area contributed by atoms with Gasteiger partial charge in [-0.15, -0.1) is 0 Å². The molecule has 0 atom stereocenters. The molecule has 0 aromatic rings. The Labute approximate surface area is 163 Å². The van der Waals surface area contributed by atoms with E-state index in [9.17, 15) is 0 Å². The van der Waals surface area contributed by atoms with Crippen molar-refractivity contribution in [1.82, 2.24) is 31.9 Å². The van der Waals surface area contributed by atoms with E-state index in [0.29, 0.717) is 11.8 Å². The summed E-state index contributed by atoms with van der Waals surface area (Å²) in [4.78, 5) is 0. The number of halogens is 3. The SMILES string of the molecule is C1CNCC2CNCCNCC(CN1)CNCCNC2.[Cl][Co]([Cl])[Cl]. The normalized spacial score (nSPS) is 28.9. The summed E-state index contributed by atoms with van der Waals surface area (Å²) in [5.74, 6) is 1.32. The number of nitrogens with one attached hydrogen (secondary N) is 6. The summed E-state index contributed by atoms with van der Waals surface area (Å²) < 4.78 is 0. The van der Waals surface area contributed by atoms with Gasteiger partial charge in [-0.3, -0.25) is 0 Å². The Morgan fingerprint density at radius 1 is 0.458 bits per heavy atom. The van der Waals surface area contributed by atoms with Gasteiger partial charge in [-0.05, 0) is 11.8 Å². The van der Waals surface area contributed by atoms with Crippen LogP contribution in [0.3, 0.4) is 0 Å². The van der Waals surface area contributed by atoms with Crippen LogP contribution >= 0.6 is 30.4 Å². The van der Waals surface area contributed by atoms with Gasteiger partial charge in [0.05, 0.1) is 0 Å². The van der Waals surface area contributed by atoms with E-state index in [2.05, 4.69) is 31.9 Å². The molecule has 0 aromatic heterocycles. The van der Waals surface area contributed by atoms with Gasteiger partial charge in [0.15, 0.2) is 0 Å². The third-order valence-electron chi connectivity index (χ3n) is 4.03. The Balaban J connectivity index is 0.000000648. The zero-order chi connectivity index (χ0) is 17.5. The van der Waals surface area contributed by atoms with Crippen molar-refractivity contribution in [2.75, 3.05) is 78.5 Å². The molecule has 10 heteroatoms. The first kappa shape index (κ1) is 23.2. The number of hydrogen-bond donors (Lipinski definition) is 6. The maximum atomic E-state index is 4.87. The summed E-state index contributed by atoms with van der Waals surface area (Å²) in [5, 5.41) is 21.5. The van der Waals surface area contributed by atoms with E-state index in [1.807, 2.05) is 0 Å². The Hall–Kier alpha value is 1.14. The summed E-state index contributed by atoms with van der Waals surface area (Å²) in [6.45, 7) is 12.9. The van der Waals surface area contributed by atoms with Gasteiger partial charge < -0.3 is 31.9 Å². The van der Waals surface area contributed by atoms with Gasteiger partial charge in [0.1, 0.15) is 0 Å². The molecule has 24 heavy (non-hydrogen) atoms. The minimum absolute atomic E-state index is 0.661. The van der Waals surface area contributed by atoms with Gasteiger partial charge in [-0.1, -0.05) is 0 Å². The molecule has 0 spiro atoms. The molecule has 0 radical (unpaired) electrons. The van der Waals surface area contributed by atoms with Crippen LogP contribution in [-0.2, 0) is 10.9 Å². The monoisotopic (exact) mass is 448 g/mol. The first-order valence-corrected chi connectivity index (χ1v) is 12.9. The molecule has 3 aliphatic rings. The summed E-state index contributed by atoms with van der Waals surface area (Å²) in [6, 6.07) is 0. The van der Waals surface area contributed by atoms with Crippen LogP contribution < -0.4 is 31.9 Å². The average molecular weight is 450 g/mol. The molecule has 3 heterocycles. The molecule has 2 bridgehead atoms. The molecule has 3 saturated heterocycles. The molecular formula is C14H32Cl3CoN6. The fourth-order valence-corrected chi connectivity index (χ4v) is 2.80. The van der Waals surface area contributed by atoms with E-state index in [4.69, 9.17) is 30.4 Å². The molecule has 148 valence electrons. The number of fused-ring (bicyclic) bond motifs is 15. The second-order valence-electron chi connectivity index (χ2n) is 6.10. The van der Waals surface area contributed by atoms with Gasteiger partial charge in [-0.2, -0.15) is 0 Å². The van der Waals surface area contributed by atoms with Gasteiger partial charge in [0, 0.05) is 78.5 Å². The zero-order valence-corrected chi connectivity index (χ0v) is 17.4. The molecule has 3 aliphatic heterocycles. The van der Waals surface area contributed by atoms with Crippen LogP contribution in [0.1, 0.15) is 0 Å². The van der Waals surface area contributed by atoms with Crippen molar-refractivity contribution >= 4 is 30.4 Å². The number of hydrogen-bond acceptors (Lipinski definition) is 6. The second kappa shape index (κ2) is 16.3. The molecule has 6 nitrogen and oxygen atoms in total. The number of rotatable bonds is 0. The van der Waals surface area contributed by atoms with Crippen molar-refractivity contribution < 1.29 is 10.9 Å². The molecule has 0 unspecified atom stereocenters. The van der Waals surface area contributed by atoms with Crippen molar-refractivity contribution in [3.8, 4) is 0 Å². The van der Waals surface area contributed by atoms with E-state index in [0.717, 1.165) is 78.5 Å². The van der Waals surface area contributed by atoms with Crippen molar-refractivity contribution in [3.63, 3.8) is 0 Å². The molecular weight excluding hydrogens is 417 g/mol. The molecule has 3 fully saturated rings. The van der Waals surface area contributed by atoms with Crippen LogP contribution in [0.2, 0.25) is 0 Å². The van der Waals surface area contributed by atoms with Crippen LogP contribution in [-0.4, -0.2) is 78.5 Å². The molecule has 0 amide bonds. The first-order chi connectivity index (χ1) is 11.7. The van der Waals surface area contributed by atoms with Crippen molar-refractivity contribution in [1.29, 1.82) is 0 Å². The standard InChI is InChI=1S/C14H32N6.3ClH.Co/c1-2-16-8-14-11-19-5-3-17-9-13(7-15-1)10-18-4-6-20-12-14;;;;/h13-20H,1-12H2;3*1H;/q;;;;+3/p-3. The first-order valence-electron chi connectivity index (χ1n) is 8.57. The van der Waals surface area contributed by atoms with Gasteiger partial charge in [0.25, 0.3) is 0 Å². The third kappa shape index (κ3) is 14.3. The van der Waals surface area contributed by atoms with E-state index in [1.54, 1.807) is 0 Å². The molecule has 3 rings (SSSR count). The summed E-state index contributed by atoms with van der Waals surface area (Å²) in [6.07, 6.45) is 0. The Bertz CT molecular complexity index is 226. The predicted molar refractivity (Wildman–Crippen MR) is 102 cm³/mol. The Morgan fingerprint density at radius 2 is 0.625 bits per heavy atom. The van der Waals surface area contributed by atoms with Crippen molar-refractivity contribution in [2.45, 2.75) is 0 Å². The quantitative estimate of drug-likeness (QED) is 0.309. The van der Waals surface area contributed by atoms with Gasteiger partial charge in [0.2, 0.25) is 0 Å². The van der Waals surface area contributed by atoms with Crippen LogP contribution in [0.15, 0.2) is 0 Å². The topological polar surface area (TPSA) is 72.2 Å². The van der Waals surface area contributed by atoms with Crippen LogP contribution in [0.5, 0.6) is 0 Å². The average Bonchev–Trinajstić information content (AvgIpc) is 2.54. The zero-order valence-electron chi connectivity index (χ0n) is 14.1. The van der Waals surface area contributed by atoms with Gasteiger partial charge in [-0.25, -0.2) is 0 Å². The van der Waals surface area contributed by atoms with E-state index >= 15 is 0 Å². The Morgan fingerprint density at radius 3 is 0.792 bits per heavy atom. The summed E-state index contributed by atoms with van der Waals surface area (Å²) in [7, 11) is 13.4. The van der Waals surface area contributed by atoms with Crippen LogP contribution in [0.25, 0.3) is 0 Å². The van der Waals surface area contributed by atoms with Gasteiger partial charge >= 0.3 is 41.4 Å². The fourth-order valence-electron chi connectivity index (χ4n) is 2.80. The van der Waals surface area contributed by atoms with Crippen LogP contribution in [0, 0.1) is 11.8 Å². The molecule has 0 aliphatic carbocycles. The minimum atomic E-state index is -1.19. The van der Waals surface area contributed by atoms with Crippen molar-refractivity contribution in [3.05, 3.63) is 0 Å². The fraction of sp³-hybridized carbons (Fsp3) is 1.00. The molecule has 0 saturated carbocycles. The van der Waals surface area contributed by atoms with E-state index < -0.39 is 10.9 Å². The van der Waals surface area contributed by atoms with Crippen LogP contribution in [0.4, 0.5) is 0 Å². The molecule has 0 aromatic carbocycles. The summed E-state index contributed by atoms with van der Waals surface area (Å²) >= 11 is 0. The van der Waals surface area contributed by atoms with E-state index in [1.165, 1.54) is 0 Å². The maximum absolute atomic E-state index is 4.87. The predicted octanol–water partition coefficient (Wildman–Crippen LogP) is -0.150. The summed E-state index contributed by atoms with van der Waals surface area (Å²) in [5.41, 5.74) is 0. The van der Waals surface area contributed by atoms with E-state index in [-0.39, 0.29) is 0 Å². The third-order valence-corrected chi connectivity index (χ3v) is 4.03. The van der Waals surface area contributed by atoms with Crippen molar-refractivity contribution in [2.24, 2.45) is 11.8 Å².